The zero-order chi connectivity index (χ0) is 35.3. The third-order valence-corrected chi connectivity index (χ3v) is 9.81. The number of hydrogen-bond acceptors (Lipinski definition) is 4. The number of carbonyl (C=O) groups excluding carboxylic acids is 2. The summed E-state index contributed by atoms with van der Waals surface area (Å²) in [5, 5.41) is 2.61. The van der Waals surface area contributed by atoms with Gasteiger partial charge in [0.2, 0.25) is 11.8 Å². The number of halogens is 5. The normalized spacial score (nSPS) is 12.7. The highest BCUT2D eigenvalue weighted by Crippen LogP contribution is 2.37. The summed E-state index contributed by atoms with van der Waals surface area (Å²) in [7, 11) is -4.65. The first-order valence-corrected chi connectivity index (χ1v) is 17.4. The SMILES string of the molecule is CC(C)(C)NC(=O)C(Cc1ccccc1)N(Cc1ccc(Br)cc1)C(=O)CN(c1cc(C(F)(F)F)ccc1Cl)S(=O)(=O)c1ccccc1. The molecule has 4 rings (SSSR count). The van der Waals surface area contributed by atoms with Crippen LogP contribution in [0.25, 0.3) is 0 Å². The number of rotatable bonds is 11. The second-order valence-corrected chi connectivity index (χ2v) is 15.3. The molecule has 0 fully saturated rings. The molecular weight excluding hydrogens is 731 g/mol. The van der Waals surface area contributed by atoms with Gasteiger partial charge in [0.1, 0.15) is 12.6 Å². The van der Waals surface area contributed by atoms with Gasteiger partial charge in [0, 0.05) is 23.0 Å². The van der Waals surface area contributed by atoms with E-state index >= 15 is 0 Å². The van der Waals surface area contributed by atoms with Crippen molar-refractivity contribution >= 4 is 55.1 Å². The number of hydrogen-bond donors (Lipinski definition) is 1. The number of carbonyl (C=O) groups is 2. The van der Waals surface area contributed by atoms with E-state index in [1.54, 1.807) is 75.4 Å². The molecule has 13 heteroatoms. The minimum atomic E-state index is -4.83. The summed E-state index contributed by atoms with van der Waals surface area (Å²) in [6.45, 7) is 4.29. The molecule has 0 aromatic heterocycles. The first kappa shape index (κ1) is 37.0. The first-order valence-electron chi connectivity index (χ1n) is 14.8. The van der Waals surface area contributed by atoms with Gasteiger partial charge in [-0.3, -0.25) is 13.9 Å². The van der Waals surface area contributed by atoms with Crippen LogP contribution in [0.5, 0.6) is 0 Å². The van der Waals surface area contributed by atoms with Gasteiger partial charge in [-0.25, -0.2) is 8.42 Å². The highest BCUT2D eigenvalue weighted by Gasteiger charge is 2.38. The maximum Gasteiger partial charge on any atom is 0.416 e. The molecule has 1 atom stereocenters. The summed E-state index contributed by atoms with van der Waals surface area (Å²) in [5.41, 5.74) is -1.02. The summed E-state index contributed by atoms with van der Waals surface area (Å²) >= 11 is 9.76. The Morgan fingerprint density at radius 1 is 0.854 bits per heavy atom. The van der Waals surface area contributed by atoms with Crippen molar-refractivity contribution in [3.05, 3.63) is 129 Å². The van der Waals surface area contributed by atoms with Gasteiger partial charge in [0.05, 0.1) is 21.2 Å². The minimum Gasteiger partial charge on any atom is -0.350 e. The average Bonchev–Trinajstić information content (AvgIpc) is 3.02. The van der Waals surface area contributed by atoms with Crippen molar-refractivity contribution in [3.63, 3.8) is 0 Å². The lowest BCUT2D eigenvalue weighted by molar-refractivity contribution is -0.140. The predicted molar refractivity (Wildman–Crippen MR) is 184 cm³/mol. The second kappa shape index (κ2) is 15.1. The molecule has 0 radical (unpaired) electrons. The van der Waals surface area contributed by atoms with Crippen LogP contribution in [0.15, 0.2) is 112 Å². The van der Waals surface area contributed by atoms with E-state index < -0.39 is 57.4 Å². The van der Waals surface area contributed by atoms with Crippen molar-refractivity contribution < 1.29 is 31.2 Å². The van der Waals surface area contributed by atoms with Crippen molar-refractivity contribution in [3.8, 4) is 0 Å². The maximum atomic E-state index is 14.5. The Morgan fingerprint density at radius 2 is 1.44 bits per heavy atom. The maximum absolute atomic E-state index is 14.5. The van der Waals surface area contributed by atoms with Crippen molar-refractivity contribution in [2.75, 3.05) is 10.8 Å². The van der Waals surface area contributed by atoms with E-state index in [-0.39, 0.29) is 22.9 Å². The lowest BCUT2D eigenvalue weighted by Crippen LogP contribution is -2.56. The smallest absolute Gasteiger partial charge is 0.350 e. The number of sulfonamides is 1. The fourth-order valence-corrected chi connectivity index (χ4v) is 6.89. The van der Waals surface area contributed by atoms with E-state index in [0.717, 1.165) is 22.2 Å². The van der Waals surface area contributed by atoms with Crippen LogP contribution in [-0.2, 0) is 38.8 Å². The zero-order valence-corrected chi connectivity index (χ0v) is 29.5. The predicted octanol–water partition coefficient (Wildman–Crippen LogP) is 7.87. The second-order valence-electron chi connectivity index (χ2n) is 12.1. The van der Waals surface area contributed by atoms with Crippen molar-refractivity contribution in [2.24, 2.45) is 0 Å². The first-order chi connectivity index (χ1) is 22.5. The average molecular weight is 765 g/mol. The number of nitrogens with one attached hydrogen (secondary N) is 1. The third-order valence-electron chi connectivity index (χ3n) is 7.19. The van der Waals surface area contributed by atoms with Gasteiger partial charge in [-0.2, -0.15) is 13.2 Å². The van der Waals surface area contributed by atoms with Gasteiger partial charge in [0.25, 0.3) is 10.0 Å². The van der Waals surface area contributed by atoms with Crippen LogP contribution in [0.1, 0.15) is 37.5 Å². The molecule has 1 N–H and O–H groups in total. The van der Waals surface area contributed by atoms with Crippen LogP contribution in [0.3, 0.4) is 0 Å². The van der Waals surface area contributed by atoms with Crippen molar-refractivity contribution in [2.45, 2.75) is 56.4 Å². The molecule has 254 valence electrons. The summed E-state index contributed by atoms with van der Waals surface area (Å²) in [6, 6.07) is 24.1. The molecule has 0 saturated heterocycles. The molecule has 0 bridgehead atoms. The summed E-state index contributed by atoms with van der Waals surface area (Å²) < 4.78 is 71.1. The Morgan fingerprint density at radius 3 is 2.00 bits per heavy atom. The molecular formula is C35H34BrClF3N3O4S. The van der Waals surface area contributed by atoms with Crippen molar-refractivity contribution in [1.29, 1.82) is 0 Å². The number of benzene rings is 4. The van der Waals surface area contributed by atoms with E-state index in [1.165, 1.54) is 29.2 Å². The molecule has 4 aromatic carbocycles. The monoisotopic (exact) mass is 763 g/mol. The topological polar surface area (TPSA) is 86.8 Å². The molecule has 4 aromatic rings. The Kier molecular flexibility index (Phi) is 11.6. The van der Waals surface area contributed by atoms with Gasteiger partial charge in [-0.05, 0) is 74.4 Å². The Balaban J connectivity index is 1.88. The summed E-state index contributed by atoms with van der Waals surface area (Å²) in [5.74, 6) is -1.33. The number of amides is 2. The molecule has 0 aliphatic heterocycles. The van der Waals surface area contributed by atoms with Gasteiger partial charge in [-0.15, -0.1) is 0 Å². The third kappa shape index (κ3) is 9.61. The highest BCUT2D eigenvalue weighted by atomic mass is 79.9. The quantitative estimate of drug-likeness (QED) is 0.169. The fourth-order valence-electron chi connectivity index (χ4n) is 4.91. The van der Waals surface area contributed by atoms with Crippen LogP contribution in [-0.4, -0.2) is 43.3 Å². The lowest BCUT2D eigenvalue weighted by atomic mass is 10.0. The number of anilines is 1. The van der Waals surface area contributed by atoms with Crippen LogP contribution < -0.4 is 9.62 Å². The van der Waals surface area contributed by atoms with E-state index in [4.69, 9.17) is 11.6 Å². The van der Waals surface area contributed by atoms with Crippen LogP contribution in [0, 0.1) is 0 Å². The van der Waals surface area contributed by atoms with Gasteiger partial charge >= 0.3 is 6.18 Å². The molecule has 0 aliphatic carbocycles. The van der Waals surface area contributed by atoms with E-state index in [9.17, 15) is 31.2 Å². The Hall–Kier alpha value is -3.87. The van der Waals surface area contributed by atoms with E-state index in [0.29, 0.717) is 15.9 Å². The largest absolute Gasteiger partial charge is 0.416 e. The molecule has 2 amide bonds. The number of nitrogens with zero attached hydrogens (tertiary/aromatic N) is 2. The summed E-state index contributed by atoms with van der Waals surface area (Å²) in [6.07, 6.45) is -4.76. The molecule has 0 saturated carbocycles. The highest BCUT2D eigenvalue weighted by molar-refractivity contribution is 9.10. The van der Waals surface area contributed by atoms with Crippen LogP contribution in [0.2, 0.25) is 5.02 Å². The Labute approximate surface area is 291 Å². The summed E-state index contributed by atoms with van der Waals surface area (Å²) in [4.78, 5) is 29.5. The molecule has 48 heavy (non-hydrogen) atoms. The minimum absolute atomic E-state index is 0.0702. The molecule has 0 aliphatic rings. The van der Waals surface area contributed by atoms with Crippen LogP contribution in [0.4, 0.5) is 18.9 Å². The molecule has 0 heterocycles. The molecule has 0 spiro atoms. The van der Waals surface area contributed by atoms with E-state index in [2.05, 4.69) is 21.2 Å². The van der Waals surface area contributed by atoms with E-state index in [1.807, 2.05) is 6.07 Å². The molecule has 1 unspecified atom stereocenters. The number of alkyl halides is 3. The van der Waals surface area contributed by atoms with Gasteiger partial charge in [-0.1, -0.05) is 88.2 Å². The lowest BCUT2D eigenvalue weighted by Gasteiger charge is -2.35. The van der Waals surface area contributed by atoms with Gasteiger partial charge in [0.15, 0.2) is 0 Å². The molecule has 7 nitrogen and oxygen atoms in total. The fraction of sp³-hybridized carbons (Fsp3) is 0.257. The van der Waals surface area contributed by atoms with Gasteiger partial charge < -0.3 is 10.2 Å². The van der Waals surface area contributed by atoms with Crippen molar-refractivity contribution in [1.82, 2.24) is 10.2 Å². The Bertz CT molecular complexity index is 1840. The van der Waals surface area contributed by atoms with Crippen LogP contribution >= 0.6 is 27.5 Å². The zero-order valence-electron chi connectivity index (χ0n) is 26.3. The standard InChI is InChI=1S/C35H34BrClF3N3O4S/c1-34(2,3)41-33(45)31(20-24-10-6-4-7-11-24)42(22-25-14-17-27(36)18-15-25)32(44)23-43(48(46,47)28-12-8-5-9-13-28)30-21-26(35(38,39)40)16-19-29(30)37/h4-19,21,31H,20,22-23H2,1-3H3,(H,41,45).